The van der Waals surface area contributed by atoms with Crippen LogP contribution in [0.25, 0.3) is 0 Å². The van der Waals surface area contributed by atoms with Crippen LogP contribution in [0.15, 0.2) is 30.5 Å². The van der Waals surface area contributed by atoms with Gasteiger partial charge in [-0.2, -0.15) is 23.0 Å². The Labute approximate surface area is 189 Å². The molecule has 1 aromatic heterocycles. The van der Waals surface area contributed by atoms with E-state index in [0.29, 0.717) is 31.9 Å². The number of hydrogen-bond acceptors (Lipinski definition) is 5. The van der Waals surface area contributed by atoms with Crippen molar-refractivity contribution in [2.45, 2.75) is 38.5 Å². The van der Waals surface area contributed by atoms with Crippen molar-refractivity contribution in [3.63, 3.8) is 0 Å². The zero-order valence-corrected chi connectivity index (χ0v) is 18.4. The number of carbonyl (C=O) groups excluding carboxylic acids is 2. The minimum atomic E-state index is -4.38. The summed E-state index contributed by atoms with van der Waals surface area (Å²) in [6.07, 6.45) is -1.03. The van der Waals surface area contributed by atoms with Gasteiger partial charge in [-0.1, -0.05) is 6.07 Å². The standard InChI is InChI=1S/C22H27F3N6O2/c1-15-13-28(10-11-30(15)21(33)31-9-6-18(27-31)20(26)32)14-16-4-5-17(22(23,24)25)12-19(16)29-7-2-3-8-29/h4-6,9,12,15H,2-3,7-8,10-11,13-14H2,1H3,(H2,26,32)/t15-/m1/s1. The summed E-state index contributed by atoms with van der Waals surface area (Å²) in [6.45, 7) is 5.50. The molecule has 11 heteroatoms. The number of primary amides is 1. The van der Waals surface area contributed by atoms with Crippen LogP contribution in [0.1, 0.15) is 41.4 Å². The van der Waals surface area contributed by atoms with Crippen LogP contribution >= 0.6 is 0 Å². The molecule has 2 fully saturated rings. The fourth-order valence-electron chi connectivity index (χ4n) is 4.52. The van der Waals surface area contributed by atoms with Crippen LogP contribution in [-0.2, 0) is 12.7 Å². The van der Waals surface area contributed by atoms with E-state index in [-0.39, 0.29) is 17.8 Å². The van der Waals surface area contributed by atoms with Gasteiger partial charge in [0.15, 0.2) is 5.69 Å². The van der Waals surface area contributed by atoms with Gasteiger partial charge in [-0.25, -0.2) is 4.79 Å². The highest BCUT2D eigenvalue weighted by atomic mass is 19.4. The van der Waals surface area contributed by atoms with Crippen LogP contribution in [0.3, 0.4) is 0 Å². The van der Waals surface area contributed by atoms with E-state index in [0.717, 1.165) is 42.2 Å². The monoisotopic (exact) mass is 464 g/mol. The first-order chi connectivity index (χ1) is 15.6. The van der Waals surface area contributed by atoms with Gasteiger partial charge >= 0.3 is 12.2 Å². The molecule has 8 nitrogen and oxygen atoms in total. The van der Waals surface area contributed by atoms with Gasteiger partial charge in [0.05, 0.1) is 5.56 Å². The van der Waals surface area contributed by atoms with Crippen molar-refractivity contribution in [2.24, 2.45) is 5.73 Å². The smallest absolute Gasteiger partial charge is 0.371 e. The average molecular weight is 464 g/mol. The third kappa shape index (κ3) is 4.97. The molecule has 4 rings (SSSR count). The van der Waals surface area contributed by atoms with Crippen LogP contribution < -0.4 is 10.6 Å². The Kier molecular flexibility index (Phi) is 6.33. The lowest BCUT2D eigenvalue weighted by Crippen LogP contribution is -2.54. The largest absolute Gasteiger partial charge is 0.416 e. The molecule has 2 aliphatic rings. The van der Waals surface area contributed by atoms with Crippen molar-refractivity contribution >= 4 is 17.6 Å². The van der Waals surface area contributed by atoms with Gasteiger partial charge < -0.3 is 15.5 Å². The minimum Gasteiger partial charge on any atom is -0.371 e. The highest BCUT2D eigenvalue weighted by Gasteiger charge is 2.33. The molecular formula is C22H27F3N6O2. The molecule has 2 aliphatic heterocycles. The number of aromatic nitrogens is 2. The average Bonchev–Trinajstić information content (AvgIpc) is 3.45. The van der Waals surface area contributed by atoms with E-state index in [4.69, 9.17) is 5.73 Å². The number of piperazine rings is 1. The number of carbonyl (C=O) groups is 2. The van der Waals surface area contributed by atoms with Crippen LogP contribution in [0.4, 0.5) is 23.7 Å². The molecule has 0 aliphatic carbocycles. The molecule has 0 bridgehead atoms. The number of benzene rings is 1. The Morgan fingerprint density at radius 1 is 1.12 bits per heavy atom. The summed E-state index contributed by atoms with van der Waals surface area (Å²) in [6, 6.07) is 4.89. The summed E-state index contributed by atoms with van der Waals surface area (Å²) in [4.78, 5) is 29.9. The van der Waals surface area contributed by atoms with Gasteiger partial charge in [-0.3, -0.25) is 9.69 Å². The van der Waals surface area contributed by atoms with Crippen molar-refractivity contribution in [1.29, 1.82) is 0 Å². The zero-order chi connectivity index (χ0) is 23.8. The SMILES string of the molecule is C[C@@H]1CN(Cc2ccc(C(F)(F)F)cc2N2CCCC2)CCN1C(=O)n1ccc(C(N)=O)n1. The normalized spacial score (nSPS) is 19.8. The van der Waals surface area contributed by atoms with Gasteiger partial charge in [0.1, 0.15) is 0 Å². The van der Waals surface area contributed by atoms with E-state index in [2.05, 4.69) is 10.00 Å². The quantitative estimate of drug-likeness (QED) is 0.752. The van der Waals surface area contributed by atoms with Crippen molar-refractivity contribution < 1.29 is 22.8 Å². The number of anilines is 1. The Morgan fingerprint density at radius 2 is 1.85 bits per heavy atom. The summed E-state index contributed by atoms with van der Waals surface area (Å²) >= 11 is 0. The summed E-state index contributed by atoms with van der Waals surface area (Å²) in [5.41, 5.74) is 6.09. The Balaban J connectivity index is 1.46. The number of alkyl halides is 3. The fourth-order valence-corrected chi connectivity index (χ4v) is 4.52. The maximum atomic E-state index is 13.3. The van der Waals surface area contributed by atoms with Crippen LogP contribution in [0.5, 0.6) is 0 Å². The maximum Gasteiger partial charge on any atom is 0.416 e. The number of rotatable bonds is 4. The molecule has 2 amide bonds. The highest BCUT2D eigenvalue weighted by Crippen LogP contribution is 2.35. The highest BCUT2D eigenvalue weighted by molar-refractivity contribution is 5.91. The molecule has 2 N–H and O–H groups in total. The predicted molar refractivity (Wildman–Crippen MR) is 116 cm³/mol. The molecule has 0 unspecified atom stereocenters. The Hall–Kier alpha value is -3.08. The van der Waals surface area contributed by atoms with Crippen LogP contribution in [0.2, 0.25) is 0 Å². The number of halogens is 3. The second kappa shape index (κ2) is 9.05. The number of nitrogens with zero attached hydrogens (tertiary/aromatic N) is 5. The lowest BCUT2D eigenvalue weighted by molar-refractivity contribution is -0.137. The lowest BCUT2D eigenvalue weighted by atomic mass is 10.1. The first kappa shape index (κ1) is 23.1. The molecule has 0 radical (unpaired) electrons. The van der Waals surface area contributed by atoms with E-state index in [1.54, 1.807) is 11.0 Å². The molecule has 2 saturated heterocycles. The zero-order valence-electron chi connectivity index (χ0n) is 18.4. The van der Waals surface area contributed by atoms with Crippen molar-refractivity contribution in [2.75, 3.05) is 37.6 Å². The summed E-state index contributed by atoms with van der Waals surface area (Å²) in [7, 11) is 0. The lowest BCUT2D eigenvalue weighted by Gasteiger charge is -2.40. The predicted octanol–water partition coefficient (Wildman–Crippen LogP) is 2.78. The third-order valence-corrected chi connectivity index (χ3v) is 6.25. The van der Waals surface area contributed by atoms with E-state index in [1.165, 1.54) is 18.3 Å². The van der Waals surface area contributed by atoms with Gasteiger partial charge in [0, 0.05) is 57.2 Å². The number of nitrogens with two attached hydrogens (primary N) is 1. The van der Waals surface area contributed by atoms with E-state index >= 15 is 0 Å². The van der Waals surface area contributed by atoms with Crippen LogP contribution in [0, 0.1) is 0 Å². The Morgan fingerprint density at radius 3 is 2.45 bits per heavy atom. The van der Waals surface area contributed by atoms with Crippen molar-refractivity contribution in [3.8, 4) is 0 Å². The molecule has 1 atom stereocenters. The molecule has 3 heterocycles. The van der Waals surface area contributed by atoms with Crippen molar-refractivity contribution in [1.82, 2.24) is 19.6 Å². The first-order valence-electron chi connectivity index (χ1n) is 11.0. The second-order valence-electron chi connectivity index (χ2n) is 8.61. The maximum absolute atomic E-state index is 13.3. The molecular weight excluding hydrogens is 437 g/mol. The topological polar surface area (TPSA) is 87.7 Å². The minimum absolute atomic E-state index is 0.0198. The van der Waals surface area contributed by atoms with E-state index < -0.39 is 17.6 Å². The second-order valence-corrected chi connectivity index (χ2v) is 8.61. The molecule has 33 heavy (non-hydrogen) atoms. The molecule has 1 aromatic carbocycles. The van der Waals surface area contributed by atoms with Crippen molar-refractivity contribution in [3.05, 3.63) is 47.3 Å². The molecule has 0 spiro atoms. The van der Waals surface area contributed by atoms with Gasteiger partial charge in [0.25, 0.3) is 5.91 Å². The molecule has 178 valence electrons. The van der Waals surface area contributed by atoms with Crippen LogP contribution in [-0.4, -0.2) is 70.3 Å². The number of hydrogen-bond donors (Lipinski definition) is 1. The third-order valence-electron chi connectivity index (χ3n) is 6.25. The van der Waals surface area contributed by atoms with Gasteiger partial charge in [-0.15, -0.1) is 0 Å². The fraction of sp³-hybridized carbons (Fsp3) is 0.500. The van der Waals surface area contributed by atoms with E-state index in [9.17, 15) is 22.8 Å². The summed E-state index contributed by atoms with van der Waals surface area (Å²) < 4.78 is 41.0. The van der Waals surface area contributed by atoms with Gasteiger partial charge in [-0.05, 0) is 43.5 Å². The summed E-state index contributed by atoms with van der Waals surface area (Å²) in [5.74, 6) is -0.704. The summed E-state index contributed by atoms with van der Waals surface area (Å²) in [5, 5.41) is 3.93. The van der Waals surface area contributed by atoms with Gasteiger partial charge in [0.2, 0.25) is 0 Å². The molecule has 0 saturated carbocycles. The molecule has 2 aromatic rings. The Bertz CT molecular complexity index is 1030. The first-order valence-corrected chi connectivity index (χ1v) is 11.0. The number of amides is 2. The van der Waals surface area contributed by atoms with E-state index in [1.807, 2.05) is 11.8 Å².